The fourth-order valence-electron chi connectivity index (χ4n) is 14.2. The molecule has 14 rings (SSSR count). The van der Waals surface area contributed by atoms with Gasteiger partial charge >= 0.3 is 0 Å². The zero-order valence-corrected chi connectivity index (χ0v) is 49.9. The lowest BCUT2D eigenvalue weighted by molar-refractivity contribution is 0.590. The molecule has 0 spiro atoms. The Morgan fingerprint density at radius 1 is 0.207 bits per heavy atom. The molecule has 0 N–H and O–H groups in total. The van der Waals surface area contributed by atoms with Crippen LogP contribution in [0.3, 0.4) is 0 Å². The minimum Gasteiger partial charge on any atom is -0.0626 e. The smallest absolute Gasteiger partial charge is 0.0626 e. The normalized spacial score (nSPS) is 13.3. The monoisotopic (exact) mass is 1050 g/mol. The number of benzene rings is 12. The van der Waals surface area contributed by atoms with Crippen molar-refractivity contribution >= 4 is 78.5 Å². The van der Waals surface area contributed by atoms with Gasteiger partial charge in [-0.05, 0) is 143 Å². The van der Waals surface area contributed by atoms with Crippen LogP contribution < -0.4 is 32.8 Å². The number of hydrogen-bond acceptors (Lipinski definition) is 0. The number of fused-ring (bicyclic) bond motifs is 6. The maximum absolute atomic E-state index is 2.62. The van der Waals surface area contributed by atoms with Crippen molar-refractivity contribution in [1.29, 1.82) is 0 Å². The summed E-state index contributed by atoms with van der Waals surface area (Å²) >= 11 is 0. The second-order valence-electron chi connectivity index (χ2n) is 28.0. The third-order valence-electron chi connectivity index (χ3n) is 18.7. The lowest BCUT2D eigenvalue weighted by atomic mass is 9.37. The van der Waals surface area contributed by atoms with E-state index in [-0.39, 0.29) is 35.1 Å². The van der Waals surface area contributed by atoms with Crippen LogP contribution in [-0.4, -0.2) is 13.4 Å². The van der Waals surface area contributed by atoms with Gasteiger partial charge in [-0.25, -0.2) is 0 Å². The molecule has 82 heavy (non-hydrogen) atoms. The second-order valence-corrected chi connectivity index (χ2v) is 28.0. The molecular formula is C80H72B2. The quantitative estimate of drug-likeness (QED) is 0.115. The molecule has 0 aromatic heterocycles. The lowest BCUT2D eigenvalue weighted by Gasteiger charge is -2.26. The first-order chi connectivity index (χ1) is 39.2. The van der Waals surface area contributed by atoms with Crippen LogP contribution in [0.25, 0.3) is 99.1 Å². The molecule has 2 aliphatic heterocycles. The summed E-state index contributed by atoms with van der Waals surface area (Å²) in [5, 5.41) is 7.87. The van der Waals surface area contributed by atoms with E-state index in [1.54, 1.807) is 0 Å². The summed E-state index contributed by atoms with van der Waals surface area (Å²) in [5.74, 6) is 0. The molecule has 0 nitrogen and oxygen atoms in total. The highest BCUT2D eigenvalue weighted by molar-refractivity contribution is 7.01. The SMILES string of the molecule is CC(C)(C)c1ccc2c(c1)B(c1cc(-c3ccccc3-c3ccccc3)c3ccc4c(B5c6cc(C(C)(C)C)ccc6-c6ccc(C(C)(C)C)cc65)cc(-c5ccccc5-c5ccccc5)c5ccc1c3c45)c1cc(C(C)(C)C)ccc1-2. The molecule has 12 aromatic carbocycles. The highest BCUT2D eigenvalue weighted by Gasteiger charge is 2.40. The van der Waals surface area contributed by atoms with Gasteiger partial charge in [-0.15, -0.1) is 0 Å². The van der Waals surface area contributed by atoms with Crippen molar-refractivity contribution in [3.05, 3.63) is 241 Å². The van der Waals surface area contributed by atoms with Crippen molar-refractivity contribution in [2.24, 2.45) is 0 Å². The summed E-state index contributed by atoms with van der Waals surface area (Å²) in [6.45, 7) is 28.3. The van der Waals surface area contributed by atoms with Gasteiger partial charge in [-0.2, -0.15) is 0 Å². The Labute approximate surface area is 487 Å². The summed E-state index contributed by atoms with van der Waals surface area (Å²) in [7, 11) is 0. The van der Waals surface area contributed by atoms with Crippen molar-refractivity contribution in [2.45, 2.75) is 105 Å². The van der Waals surface area contributed by atoms with E-state index in [1.807, 2.05) is 0 Å². The maximum Gasteiger partial charge on any atom is 0.243 e. The van der Waals surface area contributed by atoms with Crippen LogP contribution in [0.2, 0.25) is 0 Å². The van der Waals surface area contributed by atoms with E-state index in [4.69, 9.17) is 0 Å². The molecule has 398 valence electrons. The Hall–Kier alpha value is -8.19. The van der Waals surface area contributed by atoms with E-state index < -0.39 is 0 Å². The molecule has 0 unspecified atom stereocenters. The van der Waals surface area contributed by atoms with Crippen LogP contribution in [0.1, 0.15) is 105 Å². The van der Waals surface area contributed by atoms with Crippen LogP contribution in [0, 0.1) is 0 Å². The largest absolute Gasteiger partial charge is 0.243 e. The van der Waals surface area contributed by atoms with E-state index in [0.717, 1.165) is 0 Å². The minimum absolute atomic E-state index is 0.0141. The fourth-order valence-corrected chi connectivity index (χ4v) is 14.2. The van der Waals surface area contributed by atoms with Gasteiger partial charge < -0.3 is 0 Å². The molecule has 0 bridgehead atoms. The van der Waals surface area contributed by atoms with Gasteiger partial charge in [-0.1, -0.05) is 334 Å². The molecule has 0 fully saturated rings. The van der Waals surface area contributed by atoms with Gasteiger partial charge in [0.05, 0.1) is 0 Å². The van der Waals surface area contributed by atoms with Crippen molar-refractivity contribution in [1.82, 2.24) is 0 Å². The molecule has 2 heterocycles. The first-order valence-electron chi connectivity index (χ1n) is 29.9. The fraction of sp³-hybridized carbons (Fsp3) is 0.200. The first-order valence-corrected chi connectivity index (χ1v) is 29.9. The average Bonchev–Trinajstić information content (AvgIpc) is 1.58. The highest BCUT2D eigenvalue weighted by Crippen LogP contribution is 2.46. The highest BCUT2D eigenvalue weighted by atomic mass is 14.3. The molecule has 0 atom stereocenters. The zero-order valence-electron chi connectivity index (χ0n) is 49.9. The van der Waals surface area contributed by atoms with E-state index in [9.17, 15) is 0 Å². The molecule has 12 aromatic rings. The topological polar surface area (TPSA) is 0 Å². The Balaban J connectivity index is 1.17. The second kappa shape index (κ2) is 18.7. The van der Waals surface area contributed by atoms with E-state index >= 15 is 0 Å². The van der Waals surface area contributed by atoms with Gasteiger partial charge in [0, 0.05) is 0 Å². The number of rotatable bonds is 6. The third kappa shape index (κ3) is 8.34. The van der Waals surface area contributed by atoms with E-state index in [0.29, 0.717) is 0 Å². The van der Waals surface area contributed by atoms with Gasteiger partial charge in [0.2, 0.25) is 13.4 Å². The van der Waals surface area contributed by atoms with E-state index in [1.165, 1.54) is 154 Å². The molecule has 0 radical (unpaired) electrons. The summed E-state index contributed by atoms with van der Waals surface area (Å²) in [6.07, 6.45) is 0. The Kier molecular flexibility index (Phi) is 11.8. The van der Waals surface area contributed by atoms with Crippen LogP contribution in [0.5, 0.6) is 0 Å². The van der Waals surface area contributed by atoms with Crippen molar-refractivity contribution in [3.63, 3.8) is 0 Å². The van der Waals surface area contributed by atoms with Crippen molar-refractivity contribution < 1.29 is 0 Å². The van der Waals surface area contributed by atoms with Crippen LogP contribution >= 0.6 is 0 Å². The van der Waals surface area contributed by atoms with Gasteiger partial charge in [0.15, 0.2) is 0 Å². The minimum atomic E-state index is -0.0328. The summed E-state index contributed by atoms with van der Waals surface area (Å²) in [5.41, 5.74) is 28.9. The Bertz CT molecular complexity index is 4110. The first kappa shape index (κ1) is 51.9. The van der Waals surface area contributed by atoms with Crippen LogP contribution in [0.4, 0.5) is 0 Å². The molecule has 0 saturated carbocycles. The maximum atomic E-state index is 2.62. The zero-order chi connectivity index (χ0) is 56.8. The predicted molar refractivity (Wildman–Crippen MR) is 360 cm³/mol. The molecule has 2 heteroatoms. The third-order valence-corrected chi connectivity index (χ3v) is 18.7. The molecule has 0 amide bonds. The van der Waals surface area contributed by atoms with Gasteiger partial charge in [0.1, 0.15) is 0 Å². The standard InChI is InChI=1S/C80H72B2/c1-77(2,3)51-31-35-59-60-36-32-52(78(4,5)6)44-70(60)81(69(59)43-51)73-47-67(57-29-21-19-27-55(57)49-23-15-13-16-24-49)63-40-42-66-74(82-71-45-53(79(7,8)9)33-37-61(71)62-38-34-54(46-72(62)82)80(10,11)12)48-68(64-39-41-65(73)75(63)76(64)66)58-30-22-20-28-56(58)50-25-17-14-18-26-50/h13-48H,1-12H3. The van der Waals surface area contributed by atoms with Crippen molar-refractivity contribution in [3.8, 4) is 66.8 Å². The molecule has 0 aliphatic carbocycles. The molecule has 0 saturated heterocycles. The molecule has 2 aliphatic rings. The predicted octanol–water partition coefficient (Wildman–Crippen LogP) is 17.4. The van der Waals surface area contributed by atoms with Gasteiger partial charge in [0.25, 0.3) is 0 Å². The summed E-state index contributed by atoms with van der Waals surface area (Å²) in [6, 6.07) is 85.3. The molecular weight excluding hydrogens is 983 g/mol. The number of hydrogen-bond donors (Lipinski definition) is 0. The lowest BCUT2D eigenvalue weighted by Crippen LogP contribution is -2.50. The van der Waals surface area contributed by atoms with E-state index in [2.05, 4.69) is 301 Å². The Morgan fingerprint density at radius 2 is 0.476 bits per heavy atom. The van der Waals surface area contributed by atoms with Crippen LogP contribution in [-0.2, 0) is 21.7 Å². The summed E-state index contributed by atoms with van der Waals surface area (Å²) in [4.78, 5) is 0. The summed E-state index contributed by atoms with van der Waals surface area (Å²) < 4.78 is 0. The van der Waals surface area contributed by atoms with Gasteiger partial charge in [-0.3, -0.25) is 0 Å². The average molecular weight is 1060 g/mol. The van der Waals surface area contributed by atoms with Crippen LogP contribution in [0.15, 0.2) is 218 Å². The Morgan fingerprint density at radius 3 is 0.768 bits per heavy atom. The van der Waals surface area contributed by atoms with Crippen molar-refractivity contribution in [2.75, 3.05) is 0 Å².